The lowest BCUT2D eigenvalue weighted by Gasteiger charge is -2.32. The molecule has 2 saturated heterocycles. The van der Waals surface area contributed by atoms with E-state index in [1.165, 1.54) is 10.9 Å². The molecule has 0 unspecified atom stereocenters. The molecule has 2 aliphatic rings. The number of aromatic nitrogens is 1. The molecule has 0 radical (unpaired) electrons. The predicted molar refractivity (Wildman–Crippen MR) is 136 cm³/mol. The summed E-state index contributed by atoms with van der Waals surface area (Å²) in [5.41, 5.74) is 3.24. The van der Waals surface area contributed by atoms with E-state index >= 15 is 0 Å². The number of likely N-dealkylation sites (tertiary alicyclic amines) is 1. The maximum Gasteiger partial charge on any atom is 0.243 e. The minimum absolute atomic E-state index is 0.0932. The van der Waals surface area contributed by atoms with Crippen molar-refractivity contribution in [3.63, 3.8) is 0 Å². The first-order valence-electron chi connectivity index (χ1n) is 12.5. The standard InChI is InChI=1S/C27H33N3O4S/c1-34-22-7-10-26-24(18-22)25(19-28-26)21-11-15-29(16-12-21)27(31)17-20-5-8-23(9-6-20)35(32,33)30-13-3-2-4-14-30/h5-10,18-19,21,28H,2-4,11-17H2,1H3. The minimum Gasteiger partial charge on any atom is -0.497 e. The lowest BCUT2D eigenvalue weighted by molar-refractivity contribution is -0.131. The molecule has 0 saturated carbocycles. The van der Waals surface area contributed by atoms with E-state index < -0.39 is 10.0 Å². The number of H-pyrrole nitrogens is 1. The Balaban J connectivity index is 1.19. The number of hydrogen-bond acceptors (Lipinski definition) is 4. The zero-order valence-corrected chi connectivity index (χ0v) is 21.0. The van der Waals surface area contributed by atoms with Crippen molar-refractivity contribution in [1.29, 1.82) is 0 Å². The topological polar surface area (TPSA) is 82.7 Å². The molecular formula is C27H33N3O4S. The summed E-state index contributed by atoms with van der Waals surface area (Å²) in [5.74, 6) is 1.34. The summed E-state index contributed by atoms with van der Waals surface area (Å²) in [4.78, 5) is 18.6. The highest BCUT2D eigenvalue weighted by molar-refractivity contribution is 7.89. The van der Waals surface area contributed by atoms with Crippen LogP contribution in [0.5, 0.6) is 5.75 Å². The van der Waals surface area contributed by atoms with E-state index in [1.807, 2.05) is 17.0 Å². The summed E-state index contributed by atoms with van der Waals surface area (Å²) < 4.78 is 32.7. The molecule has 1 N–H and O–H groups in total. The number of sulfonamides is 1. The van der Waals surface area contributed by atoms with Crippen LogP contribution in [0.1, 0.15) is 49.1 Å². The Bertz CT molecular complexity index is 1290. The van der Waals surface area contributed by atoms with Gasteiger partial charge in [-0.05, 0) is 73.1 Å². The van der Waals surface area contributed by atoms with Crippen LogP contribution in [0.15, 0.2) is 53.6 Å². The van der Waals surface area contributed by atoms with E-state index in [9.17, 15) is 13.2 Å². The first-order chi connectivity index (χ1) is 17.0. The lowest BCUT2D eigenvalue weighted by atomic mass is 9.89. The summed E-state index contributed by atoms with van der Waals surface area (Å²) in [6.45, 7) is 2.62. The molecule has 7 nitrogen and oxygen atoms in total. The molecule has 0 bridgehead atoms. The monoisotopic (exact) mass is 495 g/mol. The number of aromatic amines is 1. The normalized spacial score (nSPS) is 18.1. The third kappa shape index (κ3) is 4.95. The fraction of sp³-hybridized carbons (Fsp3) is 0.444. The van der Waals surface area contributed by atoms with Crippen LogP contribution in [0, 0.1) is 0 Å². The molecule has 1 aromatic heterocycles. The number of rotatable bonds is 6. The Morgan fingerprint density at radius 1 is 1.00 bits per heavy atom. The second-order valence-corrected chi connectivity index (χ2v) is 11.5. The average molecular weight is 496 g/mol. The largest absolute Gasteiger partial charge is 0.497 e. The van der Waals surface area contributed by atoms with Crippen LogP contribution in [0.4, 0.5) is 0 Å². The third-order valence-electron chi connectivity index (χ3n) is 7.44. The fourth-order valence-corrected chi connectivity index (χ4v) is 6.86. The van der Waals surface area contributed by atoms with Crippen molar-refractivity contribution >= 4 is 26.8 Å². The van der Waals surface area contributed by atoms with Crippen molar-refractivity contribution in [3.05, 3.63) is 59.8 Å². The molecule has 2 fully saturated rings. The molecular weight excluding hydrogens is 462 g/mol. The second kappa shape index (κ2) is 10.0. The van der Waals surface area contributed by atoms with Crippen molar-refractivity contribution in [1.82, 2.24) is 14.2 Å². The number of carbonyl (C=O) groups is 1. The molecule has 2 aliphatic heterocycles. The number of hydrogen-bond donors (Lipinski definition) is 1. The molecule has 0 aliphatic carbocycles. The van der Waals surface area contributed by atoms with E-state index in [-0.39, 0.29) is 5.91 Å². The quantitative estimate of drug-likeness (QED) is 0.553. The Kier molecular flexibility index (Phi) is 6.84. The molecule has 35 heavy (non-hydrogen) atoms. The highest BCUT2D eigenvalue weighted by Crippen LogP contribution is 2.35. The number of methoxy groups -OCH3 is 1. The van der Waals surface area contributed by atoms with Crippen molar-refractivity contribution in [2.45, 2.75) is 49.3 Å². The third-order valence-corrected chi connectivity index (χ3v) is 9.35. The van der Waals surface area contributed by atoms with Gasteiger partial charge in [0.25, 0.3) is 0 Å². The zero-order valence-electron chi connectivity index (χ0n) is 20.2. The van der Waals surface area contributed by atoms with E-state index in [4.69, 9.17) is 4.74 Å². The van der Waals surface area contributed by atoms with Crippen molar-refractivity contribution < 1.29 is 17.9 Å². The highest BCUT2D eigenvalue weighted by Gasteiger charge is 2.27. The van der Waals surface area contributed by atoms with Gasteiger partial charge in [-0.1, -0.05) is 18.6 Å². The number of ether oxygens (including phenoxy) is 1. The van der Waals surface area contributed by atoms with Crippen LogP contribution in [-0.2, 0) is 21.2 Å². The smallest absolute Gasteiger partial charge is 0.243 e. The van der Waals surface area contributed by atoms with Gasteiger partial charge >= 0.3 is 0 Å². The first-order valence-corrected chi connectivity index (χ1v) is 13.9. The van der Waals surface area contributed by atoms with Gasteiger partial charge in [0.2, 0.25) is 15.9 Å². The van der Waals surface area contributed by atoms with Gasteiger partial charge in [0.1, 0.15) is 5.75 Å². The fourth-order valence-electron chi connectivity index (χ4n) is 5.35. The molecule has 5 rings (SSSR count). The number of nitrogens with zero attached hydrogens (tertiary/aromatic N) is 2. The van der Waals surface area contributed by atoms with Gasteiger partial charge in [-0.15, -0.1) is 0 Å². The Labute approximate surface area is 207 Å². The van der Waals surface area contributed by atoms with Gasteiger partial charge in [0, 0.05) is 43.3 Å². The minimum atomic E-state index is -3.45. The summed E-state index contributed by atoms with van der Waals surface area (Å²) in [5, 5.41) is 1.19. The van der Waals surface area contributed by atoms with E-state index in [2.05, 4.69) is 17.2 Å². The van der Waals surface area contributed by atoms with E-state index in [0.29, 0.717) is 30.3 Å². The summed E-state index contributed by atoms with van der Waals surface area (Å²) in [7, 11) is -1.77. The lowest BCUT2D eigenvalue weighted by Crippen LogP contribution is -2.38. The molecule has 3 aromatic rings. The van der Waals surface area contributed by atoms with Crippen molar-refractivity contribution in [2.75, 3.05) is 33.3 Å². The molecule has 2 aromatic carbocycles. The number of nitrogens with one attached hydrogen (secondary N) is 1. The predicted octanol–water partition coefficient (Wildman–Crippen LogP) is 4.30. The van der Waals surface area contributed by atoms with Crippen LogP contribution < -0.4 is 4.74 Å². The maximum atomic E-state index is 13.0. The van der Waals surface area contributed by atoms with E-state index in [1.54, 1.807) is 35.7 Å². The van der Waals surface area contributed by atoms with Gasteiger partial charge in [-0.2, -0.15) is 4.31 Å². The highest BCUT2D eigenvalue weighted by atomic mass is 32.2. The maximum absolute atomic E-state index is 13.0. The van der Waals surface area contributed by atoms with Crippen LogP contribution in [0.2, 0.25) is 0 Å². The number of piperidine rings is 2. The summed E-state index contributed by atoms with van der Waals surface area (Å²) in [6, 6.07) is 12.9. The van der Waals surface area contributed by atoms with Crippen LogP contribution >= 0.6 is 0 Å². The van der Waals surface area contributed by atoms with Gasteiger partial charge in [0.15, 0.2) is 0 Å². The van der Waals surface area contributed by atoms with Gasteiger partial charge < -0.3 is 14.6 Å². The molecule has 1 amide bonds. The average Bonchev–Trinajstić information content (AvgIpc) is 3.33. The SMILES string of the molecule is COc1ccc2[nH]cc(C3CCN(C(=O)Cc4ccc(S(=O)(=O)N5CCCCC5)cc4)CC3)c2c1. The number of carbonyl (C=O) groups excluding carboxylic acids is 1. The Morgan fingerprint density at radius 2 is 1.71 bits per heavy atom. The van der Waals surface area contributed by atoms with Crippen molar-refractivity contribution in [2.24, 2.45) is 0 Å². The molecule has 8 heteroatoms. The zero-order chi connectivity index (χ0) is 24.4. The Hall–Kier alpha value is -2.84. The van der Waals surface area contributed by atoms with Crippen LogP contribution in [0.3, 0.4) is 0 Å². The number of amides is 1. The van der Waals surface area contributed by atoms with E-state index in [0.717, 1.165) is 62.0 Å². The molecule has 0 spiro atoms. The Morgan fingerprint density at radius 3 is 2.40 bits per heavy atom. The number of fused-ring (bicyclic) bond motifs is 1. The molecule has 3 heterocycles. The van der Waals surface area contributed by atoms with Crippen molar-refractivity contribution in [3.8, 4) is 5.75 Å². The molecule has 186 valence electrons. The first kappa shape index (κ1) is 23.9. The van der Waals surface area contributed by atoms with Crippen LogP contribution in [0.25, 0.3) is 10.9 Å². The molecule has 0 atom stereocenters. The number of benzene rings is 2. The van der Waals surface area contributed by atoms with Gasteiger partial charge in [-0.3, -0.25) is 4.79 Å². The second-order valence-electron chi connectivity index (χ2n) is 9.60. The van der Waals surface area contributed by atoms with Gasteiger partial charge in [-0.25, -0.2) is 8.42 Å². The van der Waals surface area contributed by atoms with Gasteiger partial charge in [0.05, 0.1) is 18.4 Å². The summed E-state index contributed by atoms with van der Waals surface area (Å²) in [6.07, 6.45) is 7.13. The van der Waals surface area contributed by atoms with Crippen LogP contribution in [-0.4, -0.2) is 61.8 Å². The summed E-state index contributed by atoms with van der Waals surface area (Å²) >= 11 is 0.